The number of nitrogens with zero attached hydrogens (tertiary/aromatic N) is 3. The summed E-state index contributed by atoms with van der Waals surface area (Å²) in [5.74, 6) is 0.709. The number of nitrogens with one attached hydrogen (secondary N) is 1. The molecule has 0 bridgehead atoms. The Kier molecular flexibility index (Phi) is 6.52. The molecular weight excluding hydrogens is 466 g/mol. The van der Waals surface area contributed by atoms with Crippen LogP contribution in [0.25, 0.3) is 22.0 Å². The molecule has 0 spiro atoms. The van der Waals surface area contributed by atoms with Crippen molar-refractivity contribution in [2.45, 2.75) is 25.7 Å². The molecule has 3 N–H and O–H groups in total. The Hall–Kier alpha value is -2.95. The van der Waals surface area contributed by atoms with Crippen LogP contribution < -0.4 is 10.6 Å². The molecule has 9 nitrogen and oxygen atoms in total. The van der Waals surface area contributed by atoms with Crippen molar-refractivity contribution in [1.29, 1.82) is 0 Å². The van der Waals surface area contributed by atoms with Crippen molar-refractivity contribution in [3.63, 3.8) is 0 Å². The topological polar surface area (TPSA) is 122 Å². The van der Waals surface area contributed by atoms with Crippen molar-refractivity contribution in [1.82, 2.24) is 14.3 Å². The zero-order valence-corrected chi connectivity index (χ0v) is 20.7. The van der Waals surface area contributed by atoms with Crippen LogP contribution in [0.4, 0.5) is 5.82 Å². The van der Waals surface area contributed by atoms with Gasteiger partial charge in [-0.3, -0.25) is 4.79 Å². The molecule has 2 aromatic heterocycles. The van der Waals surface area contributed by atoms with E-state index in [9.17, 15) is 13.2 Å². The Morgan fingerprint density at radius 2 is 1.89 bits per heavy atom. The minimum Gasteiger partial charge on any atom is -0.378 e. The van der Waals surface area contributed by atoms with E-state index < -0.39 is 15.9 Å². The van der Waals surface area contributed by atoms with Gasteiger partial charge in [-0.1, -0.05) is 0 Å². The van der Waals surface area contributed by atoms with Crippen LogP contribution in [0.15, 0.2) is 36.7 Å². The highest BCUT2D eigenvalue weighted by Gasteiger charge is 2.29. The fourth-order valence-electron chi connectivity index (χ4n) is 5.14. The van der Waals surface area contributed by atoms with Crippen LogP contribution in [0.1, 0.15) is 41.6 Å². The van der Waals surface area contributed by atoms with E-state index in [4.69, 9.17) is 10.5 Å². The first-order valence-electron chi connectivity index (χ1n) is 12.1. The molecule has 2 fully saturated rings. The second-order valence-electron chi connectivity index (χ2n) is 9.13. The lowest BCUT2D eigenvalue weighted by Gasteiger charge is -2.31. The van der Waals surface area contributed by atoms with Gasteiger partial charge in [0.05, 0.1) is 30.0 Å². The molecule has 10 heteroatoms. The number of carbonyl (C=O) groups is 1. The van der Waals surface area contributed by atoms with E-state index in [2.05, 4.69) is 20.9 Å². The molecule has 2 saturated heterocycles. The Bertz CT molecular complexity index is 1340. The monoisotopic (exact) mass is 497 g/mol. The second-order valence-corrected chi connectivity index (χ2v) is 11.4. The van der Waals surface area contributed by atoms with Crippen LogP contribution in [0.5, 0.6) is 0 Å². The third-order valence-corrected chi connectivity index (χ3v) is 9.03. The fraction of sp³-hybridized carbons (Fsp3) is 0.440. The number of nitrogens with two attached hydrogens (primary N) is 1. The van der Waals surface area contributed by atoms with Crippen molar-refractivity contribution in [2.24, 2.45) is 5.73 Å². The Morgan fingerprint density at radius 1 is 1.14 bits per heavy atom. The summed E-state index contributed by atoms with van der Waals surface area (Å²) >= 11 is 0. The van der Waals surface area contributed by atoms with Crippen molar-refractivity contribution >= 4 is 32.7 Å². The van der Waals surface area contributed by atoms with Gasteiger partial charge in [0.2, 0.25) is 10.0 Å². The fourth-order valence-corrected chi connectivity index (χ4v) is 6.27. The van der Waals surface area contributed by atoms with E-state index >= 15 is 0 Å². The highest BCUT2D eigenvalue weighted by Crippen LogP contribution is 2.37. The van der Waals surface area contributed by atoms with Crippen LogP contribution in [-0.4, -0.2) is 73.7 Å². The van der Waals surface area contributed by atoms with Crippen LogP contribution in [-0.2, 0) is 14.8 Å². The number of aromatic nitrogens is 2. The number of rotatable bonds is 6. The van der Waals surface area contributed by atoms with Crippen molar-refractivity contribution in [3.8, 4) is 11.1 Å². The Balaban J connectivity index is 1.50. The summed E-state index contributed by atoms with van der Waals surface area (Å²) in [4.78, 5) is 22.4. The van der Waals surface area contributed by atoms with Crippen LogP contribution >= 0.6 is 0 Å². The van der Waals surface area contributed by atoms with E-state index in [1.165, 1.54) is 0 Å². The molecular formula is C25H31N5O4S. The minimum atomic E-state index is -3.18. The Morgan fingerprint density at radius 3 is 2.57 bits per heavy atom. The molecule has 0 atom stereocenters. The lowest BCUT2D eigenvalue weighted by atomic mass is 9.88. The third kappa shape index (κ3) is 4.65. The van der Waals surface area contributed by atoms with Crippen molar-refractivity contribution < 1.29 is 17.9 Å². The first-order chi connectivity index (χ1) is 16.9. The van der Waals surface area contributed by atoms with Crippen molar-refractivity contribution in [3.05, 3.63) is 47.8 Å². The number of ether oxygens (including phenoxy) is 1. The number of aromatic amines is 1. The number of benzene rings is 1. The standard InChI is InChI=1S/C25H31N5O4S/c1-2-35(32,33)30-7-4-17(5-8-30)22-16-28-24-20(22)13-19(14-21(24)25(26)31)18-3-6-27-23(15-18)29-9-11-34-12-10-29/h3,6,13-17,28H,2,4-5,7-12H2,1H3,(H2,26,31). The molecule has 3 aromatic rings. The number of hydrogen-bond acceptors (Lipinski definition) is 6. The summed E-state index contributed by atoms with van der Waals surface area (Å²) in [6.45, 7) is 5.61. The lowest BCUT2D eigenvalue weighted by Crippen LogP contribution is -2.38. The molecule has 2 aliphatic heterocycles. The number of hydrogen-bond donors (Lipinski definition) is 2. The first kappa shape index (κ1) is 23.8. The maximum Gasteiger partial charge on any atom is 0.250 e. The highest BCUT2D eigenvalue weighted by molar-refractivity contribution is 7.89. The molecule has 0 radical (unpaired) electrons. The second kappa shape index (κ2) is 9.60. The zero-order chi connectivity index (χ0) is 24.6. The molecule has 5 rings (SSSR count). The number of sulfonamides is 1. The number of primary amides is 1. The molecule has 1 aromatic carbocycles. The summed E-state index contributed by atoms with van der Waals surface area (Å²) in [7, 11) is -3.18. The highest BCUT2D eigenvalue weighted by atomic mass is 32.2. The normalized spacial score (nSPS) is 18.3. The van der Waals surface area contributed by atoms with Gasteiger partial charge in [0.25, 0.3) is 5.91 Å². The van der Waals surface area contributed by atoms with Gasteiger partial charge in [-0.25, -0.2) is 17.7 Å². The predicted octanol–water partition coefficient (Wildman–Crippen LogP) is 2.69. The van der Waals surface area contributed by atoms with Gasteiger partial charge in [0, 0.05) is 44.0 Å². The number of H-pyrrole nitrogens is 1. The molecule has 4 heterocycles. The van der Waals surface area contributed by atoms with Crippen LogP contribution in [0.2, 0.25) is 0 Å². The van der Waals surface area contributed by atoms with E-state index in [-0.39, 0.29) is 11.7 Å². The maximum atomic E-state index is 12.4. The zero-order valence-electron chi connectivity index (χ0n) is 19.9. The number of fused-ring (bicyclic) bond motifs is 1. The largest absolute Gasteiger partial charge is 0.378 e. The SMILES string of the molecule is CCS(=O)(=O)N1CCC(c2c[nH]c3c(C(N)=O)cc(-c4ccnc(N5CCOCC5)c4)cc23)CC1. The molecule has 0 unspecified atom stereocenters. The van der Waals surface area contributed by atoms with E-state index in [0.29, 0.717) is 31.9 Å². The summed E-state index contributed by atoms with van der Waals surface area (Å²) < 4.78 is 31.6. The summed E-state index contributed by atoms with van der Waals surface area (Å²) in [5, 5.41) is 0.956. The Labute approximate surface area is 205 Å². The van der Waals surface area contributed by atoms with Gasteiger partial charge >= 0.3 is 0 Å². The number of anilines is 1. The average Bonchev–Trinajstić information content (AvgIpc) is 3.32. The van der Waals surface area contributed by atoms with Gasteiger partial charge in [-0.15, -0.1) is 0 Å². The average molecular weight is 498 g/mol. The molecule has 0 saturated carbocycles. The maximum absolute atomic E-state index is 12.4. The molecule has 186 valence electrons. The number of carbonyl (C=O) groups excluding carboxylic acids is 1. The molecule has 1 amide bonds. The van der Waals surface area contributed by atoms with E-state index in [0.717, 1.165) is 59.3 Å². The summed E-state index contributed by atoms with van der Waals surface area (Å²) in [5.41, 5.74) is 9.90. The predicted molar refractivity (Wildman–Crippen MR) is 136 cm³/mol. The summed E-state index contributed by atoms with van der Waals surface area (Å²) in [6.07, 6.45) is 5.20. The van der Waals surface area contributed by atoms with Crippen LogP contribution in [0.3, 0.4) is 0 Å². The minimum absolute atomic E-state index is 0.120. The van der Waals surface area contributed by atoms with Gasteiger partial charge in [0.1, 0.15) is 5.82 Å². The van der Waals surface area contributed by atoms with E-state index in [1.54, 1.807) is 17.4 Å². The van der Waals surface area contributed by atoms with E-state index in [1.807, 2.05) is 24.4 Å². The molecule has 35 heavy (non-hydrogen) atoms. The summed E-state index contributed by atoms with van der Waals surface area (Å²) in [6, 6.07) is 7.91. The van der Waals surface area contributed by atoms with Crippen molar-refractivity contribution in [2.75, 3.05) is 50.0 Å². The molecule has 0 aliphatic carbocycles. The number of morpholine rings is 1. The quantitative estimate of drug-likeness (QED) is 0.540. The molecule has 2 aliphatic rings. The smallest absolute Gasteiger partial charge is 0.250 e. The third-order valence-electron chi connectivity index (χ3n) is 7.15. The van der Waals surface area contributed by atoms with Crippen LogP contribution in [0, 0.1) is 0 Å². The van der Waals surface area contributed by atoms with Gasteiger partial charge in [-0.05, 0) is 66.6 Å². The first-order valence-corrected chi connectivity index (χ1v) is 13.7. The van der Waals surface area contributed by atoms with Gasteiger partial charge < -0.3 is 20.4 Å². The number of piperidine rings is 1. The number of pyridine rings is 1. The van der Waals surface area contributed by atoms with Gasteiger partial charge in [-0.2, -0.15) is 0 Å². The lowest BCUT2D eigenvalue weighted by molar-refractivity contribution is 0.100. The number of amides is 1. The van der Waals surface area contributed by atoms with Gasteiger partial charge in [0.15, 0.2) is 0 Å².